The minimum atomic E-state index is 0. The Bertz CT molecular complexity index is 1040. The van der Waals surface area contributed by atoms with Crippen molar-refractivity contribution in [1.29, 1.82) is 0 Å². The summed E-state index contributed by atoms with van der Waals surface area (Å²) < 4.78 is 3.20. The van der Waals surface area contributed by atoms with Crippen LogP contribution in [0, 0.1) is 33.8 Å². The molecule has 6 heteroatoms. The molecule has 0 fully saturated rings. The molecule has 0 unspecified atom stereocenters. The number of nitrogens with zero attached hydrogens (tertiary/aromatic N) is 4. The van der Waals surface area contributed by atoms with E-state index in [1.165, 1.54) is 16.7 Å². The third-order valence-electron chi connectivity index (χ3n) is 4.09. The zero-order chi connectivity index (χ0) is 16.8. The normalized spacial score (nSPS) is 10.9. The number of hydrogen-bond acceptors (Lipinski definition) is 4. The number of thiazole rings is 1. The van der Waals surface area contributed by atoms with E-state index in [4.69, 9.17) is 0 Å². The average molecular weight is 526 g/mol. The molecule has 2 heterocycles. The molecule has 0 aliphatic rings. The van der Waals surface area contributed by atoms with Gasteiger partial charge in [0.15, 0.2) is 0 Å². The Hall–Kier alpha value is -1.88. The summed E-state index contributed by atoms with van der Waals surface area (Å²) in [6, 6.07) is 11.7. The van der Waals surface area contributed by atoms with Gasteiger partial charge in [-0.1, -0.05) is 17.7 Å². The maximum absolute atomic E-state index is 4.50. The van der Waals surface area contributed by atoms with Gasteiger partial charge in [0.1, 0.15) is 6.33 Å². The molecule has 1 radical (unpaired) electrons. The largest absolute Gasteiger partial charge is 0.322 e. The summed E-state index contributed by atoms with van der Waals surface area (Å²) >= 11 is 1.68. The number of aromatic nitrogens is 4. The van der Waals surface area contributed by atoms with E-state index in [9.17, 15) is 0 Å². The third-order valence-corrected chi connectivity index (χ3v) is 5.03. The van der Waals surface area contributed by atoms with Gasteiger partial charge in [0.25, 0.3) is 0 Å². The maximum atomic E-state index is 4.50. The van der Waals surface area contributed by atoms with Crippen LogP contribution in [-0.4, -0.2) is 19.7 Å². The van der Waals surface area contributed by atoms with Crippen molar-refractivity contribution in [3.05, 3.63) is 58.4 Å². The van der Waals surface area contributed by atoms with Gasteiger partial charge in [0.05, 0.1) is 10.8 Å². The Morgan fingerprint density at radius 3 is 2.48 bits per heavy atom. The monoisotopic (exact) mass is 526 g/mol. The van der Waals surface area contributed by atoms with E-state index in [-0.39, 0.29) is 20.1 Å². The fraction of sp³-hybridized carbons (Fsp3) is 0.211. The molecule has 0 saturated carbocycles. The van der Waals surface area contributed by atoms with Crippen molar-refractivity contribution in [2.75, 3.05) is 0 Å². The molecule has 0 aliphatic carbocycles. The second-order valence-corrected chi connectivity index (χ2v) is 7.34. The molecule has 0 bridgehead atoms. The average Bonchev–Trinajstić information content (AvgIpc) is 3.10. The van der Waals surface area contributed by atoms with Gasteiger partial charge < -0.3 is 4.57 Å². The number of benzene rings is 2. The van der Waals surface area contributed by atoms with E-state index in [2.05, 4.69) is 64.8 Å². The Balaban J connectivity index is 0.00000182. The van der Waals surface area contributed by atoms with Crippen LogP contribution in [0.25, 0.3) is 27.3 Å². The summed E-state index contributed by atoms with van der Waals surface area (Å²) in [5.74, 6) is 0.804. The van der Waals surface area contributed by atoms with Crippen LogP contribution < -0.4 is 0 Å². The molecule has 0 amide bonds. The summed E-state index contributed by atoms with van der Waals surface area (Å²) in [5.41, 5.74) is 6.73. The predicted molar refractivity (Wildman–Crippen MR) is 97.8 cm³/mol. The van der Waals surface area contributed by atoms with E-state index in [0.29, 0.717) is 0 Å². The molecular weight excluding hydrogens is 509 g/mol. The number of fused-ring (bicyclic) bond motifs is 1. The molecule has 0 aliphatic heterocycles. The molecule has 4 aromatic rings. The summed E-state index contributed by atoms with van der Waals surface area (Å²) in [7, 11) is 0. The van der Waals surface area contributed by atoms with Crippen molar-refractivity contribution in [3.63, 3.8) is 0 Å². The molecule has 2 aromatic carbocycles. The smallest absolute Gasteiger partial charge is 0.114 e. The van der Waals surface area contributed by atoms with Gasteiger partial charge in [0, 0.05) is 25.8 Å². The van der Waals surface area contributed by atoms with Gasteiger partial charge in [-0.3, -0.25) is 4.98 Å². The van der Waals surface area contributed by atoms with Crippen LogP contribution >= 0.6 is 11.3 Å². The van der Waals surface area contributed by atoms with Crippen LogP contribution in [0.5, 0.6) is 0 Å². The second kappa shape index (κ2) is 6.79. The van der Waals surface area contributed by atoms with Gasteiger partial charge in [-0.25, -0.2) is 0 Å². The van der Waals surface area contributed by atoms with Crippen molar-refractivity contribution in [2.24, 2.45) is 0 Å². The number of aryl methyl sites for hydroxylation is 4. The van der Waals surface area contributed by atoms with Gasteiger partial charge in [-0.2, -0.15) is 5.10 Å². The van der Waals surface area contributed by atoms with Crippen molar-refractivity contribution >= 4 is 21.6 Å². The van der Waals surface area contributed by atoms with Crippen LogP contribution in [0.1, 0.15) is 21.7 Å². The SMILES string of the molecule is Cc1cc(C)c(-n2cnnc2-c2[c-]cc3nc(C)sc3c2)c(C)c1.[Ir]. The first-order valence-corrected chi connectivity index (χ1v) is 8.62. The molecule has 4 rings (SSSR count). The molecule has 0 atom stereocenters. The minimum Gasteiger partial charge on any atom is -0.322 e. The van der Waals surface area contributed by atoms with Crippen molar-refractivity contribution < 1.29 is 20.1 Å². The zero-order valence-corrected chi connectivity index (χ0v) is 17.6. The van der Waals surface area contributed by atoms with Crippen molar-refractivity contribution in [2.45, 2.75) is 27.7 Å². The minimum absolute atomic E-state index is 0. The quantitative estimate of drug-likeness (QED) is 0.360. The van der Waals surface area contributed by atoms with E-state index in [0.717, 1.165) is 32.3 Å². The Kier molecular flexibility index (Phi) is 4.87. The van der Waals surface area contributed by atoms with Crippen LogP contribution in [0.3, 0.4) is 0 Å². The van der Waals surface area contributed by atoms with Gasteiger partial charge in [-0.15, -0.1) is 40.2 Å². The van der Waals surface area contributed by atoms with Crippen molar-refractivity contribution in [3.8, 4) is 17.1 Å². The van der Waals surface area contributed by atoms with Crippen LogP contribution in [0.15, 0.2) is 30.6 Å². The first-order valence-electron chi connectivity index (χ1n) is 7.80. The van der Waals surface area contributed by atoms with Crippen molar-refractivity contribution in [1.82, 2.24) is 19.7 Å². The number of rotatable bonds is 2. The first-order chi connectivity index (χ1) is 11.5. The number of hydrogen-bond donors (Lipinski definition) is 0. The summed E-state index contributed by atoms with van der Waals surface area (Å²) in [4.78, 5) is 4.50. The standard InChI is InChI=1S/C19H17N4S.Ir/c1-11-7-12(2)18(13(3)8-11)23-10-20-22-19(23)15-5-6-16-17(9-15)24-14(4)21-16;/h6-10H,1-4H3;/q-1;. The summed E-state index contributed by atoms with van der Waals surface area (Å²) in [5, 5.41) is 9.55. The molecular formula is C19H17IrN4S-. The zero-order valence-electron chi connectivity index (χ0n) is 14.4. The van der Waals surface area contributed by atoms with Crippen LogP contribution in [0.2, 0.25) is 0 Å². The molecule has 25 heavy (non-hydrogen) atoms. The predicted octanol–water partition coefficient (Wildman–Crippen LogP) is 4.58. The van der Waals surface area contributed by atoms with Gasteiger partial charge in [-0.05, 0) is 49.0 Å². The molecule has 0 spiro atoms. The molecule has 4 nitrogen and oxygen atoms in total. The molecule has 0 saturated heterocycles. The maximum Gasteiger partial charge on any atom is 0.114 e. The fourth-order valence-corrected chi connectivity index (χ4v) is 4.10. The van der Waals surface area contributed by atoms with E-state index in [1.807, 2.05) is 13.0 Å². The summed E-state index contributed by atoms with van der Waals surface area (Å²) in [6.45, 7) is 8.38. The second-order valence-electron chi connectivity index (χ2n) is 6.10. The van der Waals surface area contributed by atoms with Gasteiger partial charge in [0.2, 0.25) is 0 Å². The fourth-order valence-electron chi connectivity index (χ4n) is 3.25. The molecule has 129 valence electrons. The van der Waals surface area contributed by atoms with E-state index < -0.39 is 0 Å². The topological polar surface area (TPSA) is 43.6 Å². The Morgan fingerprint density at radius 2 is 1.76 bits per heavy atom. The Morgan fingerprint density at radius 1 is 1.04 bits per heavy atom. The summed E-state index contributed by atoms with van der Waals surface area (Å²) in [6.07, 6.45) is 1.77. The molecule has 2 aromatic heterocycles. The van der Waals surface area contributed by atoms with E-state index >= 15 is 0 Å². The van der Waals surface area contributed by atoms with Crippen LogP contribution in [0.4, 0.5) is 0 Å². The third kappa shape index (κ3) is 3.17. The van der Waals surface area contributed by atoms with E-state index in [1.54, 1.807) is 17.7 Å². The van der Waals surface area contributed by atoms with Crippen LogP contribution in [-0.2, 0) is 20.1 Å². The molecule has 0 N–H and O–H groups in total. The first kappa shape index (κ1) is 17.9. The van der Waals surface area contributed by atoms with Gasteiger partial charge >= 0.3 is 0 Å². The Labute approximate surface area is 164 Å².